The zero-order valence-corrected chi connectivity index (χ0v) is 10.8. The highest BCUT2D eigenvalue weighted by Gasteiger charge is 2.16. The van der Waals surface area contributed by atoms with Crippen molar-refractivity contribution in [2.75, 3.05) is 0 Å². The molecule has 7 nitrogen and oxygen atoms in total. The lowest BCUT2D eigenvalue weighted by atomic mass is 10.2. The van der Waals surface area contributed by atoms with Crippen LogP contribution in [0.2, 0.25) is 0 Å². The molecular formula is C13H11N7. The van der Waals surface area contributed by atoms with Crippen LogP contribution in [0.3, 0.4) is 0 Å². The normalized spacial score (nSPS) is 10.6. The van der Waals surface area contributed by atoms with Gasteiger partial charge in [-0.25, -0.2) is 9.98 Å². The van der Waals surface area contributed by atoms with Gasteiger partial charge < -0.3 is 4.98 Å². The van der Waals surface area contributed by atoms with Gasteiger partial charge in [0, 0.05) is 11.8 Å². The number of nitriles is 1. The van der Waals surface area contributed by atoms with E-state index >= 15 is 0 Å². The Balaban J connectivity index is 2.23. The zero-order valence-electron chi connectivity index (χ0n) is 10.8. The van der Waals surface area contributed by atoms with Crippen LogP contribution < -0.4 is 0 Å². The summed E-state index contributed by atoms with van der Waals surface area (Å²) in [4.78, 5) is 15.5. The molecule has 7 heteroatoms. The maximum atomic E-state index is 9.07. The number of nitrogens with zero attached hydrogens (tertiary/aromatic N) is 5. The Morgan fingerprint density at radius 3 is 3.00 bits per heavy atom. The van der Waals surface area contributed by atoms with Gasteiger partial charge in [-0.3, -0.25) is 10.1 Å². The zero-order chi connectivity index (χ0) is 14.1. The molecule has 0 saturated carbocycles. The molecule has 0 radical (unpaired) electrons. The van der Waals surface area contributed by atoms with E-state index in [4.69, 9.17) is 5.26 Å². The molecule has 20 heavy (non-hydrogen) atoms. The second kappa shape index (κ2) is 4.59. The molecule has 0 aromatic carbocycles. The number of fused-ring (bicyclic) bond motifs is 1. The first-order valence-electron chi connectivity index (χ1n) is 6.06. The summed E-state index contributed by atoms with van der Waals surface area (Å²) in [5, 5.41) is 16.1. The number of imidazole rings is 1. The summed E-state index contributed by atoms with van der Waals surface area (Å²) in [6.07, 6.45) is 3.89. The number of nitrogens with one attached hydrogen (secondary N) is 2. The van der Waals surface area contributed by atoms with E-state index in [1.54, 1.807) is 6.20 Å². The third-order valence-electron chi connectivity index (χ3n) is 3.10. The first-order valence-corrected chi connectivity index (χ1v) is 6.06. The van der Waals surface area contributed by atoms with Crippen LogP contribution >= 0.6 is 0 Å². The van der Waals surface area contributed by atoms with E-state index < -0.39 is 0 Å². The number of hydrogen-bond acceptors (Lipinski definition) is 5. The molecule has 0 bridgehead atoms. The largest absolute Gasteiger partial charge is 0.335 e. The summed E-state index contributed by atoms with van der Waals surface area (Å²) in [5.41, 5.74) is 3.44. The second-order valence-electron chi connectivity index (χ2n) is 4.19. The number of rotatable bonds is 3. The van der Waals surface area contributed by atoms with Crippen molar-refractivity contribution in [1.29, 1.82) is 5.26 Å². The van der Waals surface area contributed by atoms with E-state index in [2.05, 4.69) is 42.9 Å². The summed E-state index contributed by atoms with van der Waals surface area (Å²) in [6.45, 7) is 5.51. The lowest BCUT2D eigenvalue weighted by molar-refractivity contribution is 1.08. The fourth-order valence-corrected chi connectivity index (χ4v) is 2.15. The quantitative estimate of drug-likeness (QED) is 0.707. The van der Waals surface area contributed by atoms with Crippen LogP contribution in [0.4, 0.5) is 5.82 Å². The molecule has 0 aliphatic rings. The lowest BCUT2D eigenvalue weighted by Gasteiger charge is -1.96. The Bertz CT molecular complexity index is 834. The van der Waals surface area contributed by atoms with Crippen molar-refractivity contribution in [3.05, 3.63) is 23.5 Å². The molecule has 0 atom stereocenters. The minimum atomic E-state index is 0.435. The minimum absolute atomic E-state index is 0.435. The van der Waals surface area contributed by atoms with Gasteiger partial charge in [-0.05, 0) is 13.1 Å². The monoisotopic (exact) mass is 265 g/mol. The van der Waals surface area contributed by atoms with Gasteiger partial charge in [-0.2, -0.15) is 10.4 Å². The van der Waals surface area contributed by atoms with E-state index in [0.29, 0.717) is 28.2 Å². The van der Waals surface area contributed by atoms with E-state index in [1.807, 2.05) is 6.92 Å². The first kappa shape index (κ1) is 12.0. The lowest BCUT2D eigenvalue weighted by Crippen LogP contribution is -1.86. The fourth-order valence-electron chi connectivity index (χ4n) is 2.15. The maximum absolute atomic E-state index is 9.07. The Kier molecular flexibility index (Phi) is 2.76. The van der Waals surface area contributed by atoms with Crippen molar-refractivity contribution in [1.82, 2.24) is 25.1 Å². The number of pyridine rings is 1. The van der Waals surface area contributed by atoms with Crippen LogP contribution in [-0.4, -0.2) is 31.9 Å². The summed E-state index contributed by atoms with van der Waals surface area (Å²) in [5.74, 6) is 1.19. The van der Waals surface area contributed by atoms with Crippen LogP contribution in [0, 0.1) is 11.3 Å². The van der Waals surface area contributed by atoms with Crippen LogP contribution in [0.1, 0.15) is 18.1 Å². The van der Waals surface area contributed by atoms with Crippen molar-refractivity contribution in [3.63, 3.8) is 0 Å². The average Bonchev–Trinajstić information content (AvgIpc) is 3.08. The molecule has 0 fully saturated rings. The predicted octanol–water partition coefficient (Wildman–Crippen LogP) is 2.11. The highest BCUT2D eigenvalue weighted by Crippen LogP contribution is 2.28. The van der Waals surface area contributed by atoms with E-state index in [1.165, 1.54) is 6.20 Å². The minimum Gasteiger partial charge on any atom is -0.335 e. The van der Waals surface area contributed by atoms with Gasteiger partial charge in [0.1, 0.15) is 17.3 Å². The summed E-state index contributed by atoms with van der Waals surface area (Å²) in [6, 6.07) is 2.08. The Morgan fingerprint density at radius 2 is 2.30 bits per heavy atom. The predicted molar refractivity (Wildman–Crippen MR) is 74.8 cm³/mol. The average molecular weight is 265 g/mol. The topological polar surface area (TPSA) is 106 Å². The van der Waals surface area contributed by atoms with E-state index in [0.717, 1.165) is 17.7 Å². The van der Waals surface area contributed by atoms with Crippen molar-refractivity contribution in [3.8, 4) is 17.6 Å². The summed E-state index contributed by atoms with van der Waals surface area (Å²) in [7, 11) is 0. The standard InChI is InChI=1S/C13H11N7/c1-3-8-11(19-20-12(8)15-2)13-17-9-6-16-5-7(4-14)10(9)18-13/h5-6H,2-3H2,1H3,(H,17,18)(H,19,20). The van der Waals surface area contributed by atoms with Crippen molar-refractivity contribution < 1.29 is 0 Å². The van der Waals surface area contributed by atoms with Gasteiger partial charge in [-0.1, -0.05) is 6.92 Å². The molecule has 0 spiro atoms. The Hall–Kier alpha value is -3.01. The van der Waals surface area contributed by atoms with E-state index in [-0.39, 0.29) is 0 Å². The molecule has 0 amide bonds. The summed E-state index contributed by atoms with van der Waals surface area (Å²) >= 11 is 0. The smallest absolute Gasteiger partial charge is 0.176 e. The molecule has 98 valence electrons. The summed E-state index contributed by atoms with van der Waals surface area (Å²) < 4.78 is 0. The van der Waals surface area contributed by atoms with Gasteiger partial charge in [-0.15, -0.1) is 0 Å². The number of aromatic nitrogens is 5. The number of aliphatic imine (C=N–C) groups is 1. The van der Waals surface area contributed by atoms with Gasteiger partial charge in [0.25, 0.3) is 0 Å². The third kappa shape index (κ3) is 1.66. The SMILES string of the molecule is C=Nc1n[nH]c(-c2nc3c(C#N)cncc3[nH]2)c1CC. The first-order chi connectivity index (χ1) is 9.78. The molecular weight excluding hydrogens is 254 g/mol. The van der Waals surface area contributed by atoms with Crippen LogP contribution in [-0.2, 0) is 6.42 Å². The van der Waals surface area contributed by atoms with Gasteiger partial charge >= 0.3 is 0 Å². The maximum Gasteiger partial charge on any atom is 0.176 e. The molecule has 0 aliphatic carbocycles. The number of H-pyrrole nitrogens is 2. The highest BCUT2D eigenvalue weighted by molar-refractivity contribution is 5.83. The van der Waals surface area contributed by atoms with Gasteiger partial charge in [0.2, 0.25) is 0 Å². The van der Waals surface area contributed by atoms with Gasteiger partial charge in [0.15, 0.2) is 11.6 Å². The van der Waals surface area contributed by atoms with Crippen molar-refractivity contribution >= 4 is 23.6 Å². The fraction of sp³-hybridized carbons (Fsp3) is 0.154. The van der Waals surface area contributed by atoms with Gasteiger partial charge in [0.05, 0.1) is 17.3 Å². The highest BCUT2D eigenvalue weighted by atomic mass is 15.2. The molecule has 0 unspecified atom stereocenters. The number of aromatic amines is 2. The van der Waals surface area contributed by atoms with Crippen LogP contribution in [0.15, 0.2) is 17.4 Å². The third-order valence-corrected chi connectivity index (χ3v) is 3.10. The molecule has 0 aliphatic heterocycles. The van der Waals surface area contributed by atoms with Crippen molar-refractivity contribution in [2.24, 2.45) is 4.99 Å². The number of hydrogen-bond donors (Lipinski definition) is 2. The molecule has 3 rings (SSSR count). The molecule has 3 aromatic heterocycles. The Morgan fingerprint density at radius 1 is 1.45 bits per heavy atom. The van der Waals surface area contributed by atoms with Crippen molar-refractivity contribution in [2.45, 2.75) is 13.3 Å². The second-order valence-corrected chi connectivity index (χ2v) is 4.19. The molecule has 3 heterocycles. The molecule has 0 saturated heterocycles. The Labute approximate surface area is 114 Å². The van der Waals surface area contributed by atoms with Crippen LogP contribution in [0.5, 0.6) is 0 Å². The van der Waals surface area contributed by atoms with E-state index in [9.17, 15) is 0 Å². The van der Waals surface area contributed by atoms with Crippen LogP contribution in [0.25, 0.3) is 22.6 Å². The molecule has 2 N–H and O–H groups in total. The molecule has 3 aromatic rings.